The fourth-order valence-corrected chi connectivity index (χ4v) is 2.43. The summed E-state index contributed by atoms with van der Waals surface area (Å²) in [6, 6.07) is 6.75. The van der Waals surface area contributed by atoms with Gasteiger partial charge in [-0.25, -0.2) is 14.4 Å². The Morgan fingerprint density at radius 1 is 1.10 bits per heavy atom. The van der Waals surface area contributed by atoms with Gasteiger partial charge < -0.3 is 0 Å². The van der Waals surface area contributed by atoms with Gasteiger partial charge >= 0.3 is 0 Å². The maximum atomic E-state index is 13.4. The molecule has 0 N–H and O–H groups in total. The summed E-state index contributed by atoms with van der Waals surface area (Å²) in [5.74, 6) is 1.68. The molecule has 0 spiro atoms. The molecule has 4 heteroatoms. The molecule has 0 aliphatic carbocycles. The smallest absolute Gasteiger partial charge is 0.138 e. The Hall–Kier alpha value is -2.23. The average Bonchev–Trinajstić information content (AvgIpc) is 2.80. The number of imidazole rings is 1. The highest BCUT2D eigenvalue weighted by Gasteiger charge is 2.16. The largest absolute Gasteiger partial charge is 0.280 e. The van der Waals surface area contributed by atoms with Crippen molar-refractivity contribution in [1.29, 1.82) is 0 Å². The number of halogens is 1. The minimum absolute atomic E-state index is 0.226. The second-order valence-electron chi connectivity index (χ2n) is 5.72. The molecule has 0 unspecified atom stereocenters. The molecule has 0 aliphatic heterocycles. The summed E-state index contributed by atoms with van der Waals surface area (Å²) in [7, 11) is 0. The number of nitrogens with zero attached hydrogens (tertiary/aromatic N) is 3. The Morgan fingerprint density at radius 2 is 1.86 bits per heavy atom. The summed E-state index contributed by atoms with van der Waals surface area (Å²) in [6.07, 6.45) is 1.87. The molecule has 0 bridgehead atoms. The van der Waals surface area contributed by atoms with Crippen LogP contribution < -0.4 is 0 Å². The Kier molecular flexibility index (Phi) is 3.24. The summed E-state index contributed by atoms with van der Waals surface area (Å²) >= 11 is 0. The summed E-state index contributed by atoms with van der Waals surface area (Å²) in [6.45, 7) is 8.26. The molecule has 0 aliphatic rings. The van der Waals surface area contributed by atoms with Crippen LogP contribution in [0.15, 0.2) is 30.5 Å². The molecule has 0 amide bonds. The van der Waals surface area contributed by atoms with E-state index in [9.17, 15) is 4.39 Å². The van der Waals surface area contributed by atoms with Crippen molar-refractivity contribution in [2.75, 3.05) is 0 Å². The Labute approximate surface area is 123 Å². The zero-order chi connectivity index (χ0) is 15.1. The Morgan fingerprint density at radius 3 is 2.52 bits per heavy atom. The van der Waals surface area contributed by atoms with Crippen molar-refractivity contribution < 1.29 is 4.39 Å². The number of pyridine rings is 1. The van der Waals surface area contributed by atoms with Gasteiger partial charge in [0.2, 0.25) is 0 Å². The van der Waals surface area contributed by atoms with Crippen molar-refractivity contribution in [1.82, 2.24) is 14.5 Å². The lowest BCUT2D eigenvalue weighted by Crippen LogP contribution is -2.05. The predicted molar refractivity (Wildman–Crippen MR) is 82.4 cm³/mol. The van der Waals surface area contributed by atoms with Crippen molar-refractivity contribution in [3.8, 4) is 5.82 Å². The summed E-state index contributed by atoms with van der Waals surface area (Å²) < 4.78 is 15.5. The highest BCUT2D eigenvalue weighted by Crippen LogP contribution is 2.26. The molecule has 21 heavy (non-hydrogen) atoms. The predicted octanol–water partition coefficient (Wildman–Crippen LogP) is 4.30. The normalized spacial score (nSPS) is 11.5. The first-order chi connectivity index (χ1) is 9.97. The van der Waals surface area contributed by atoms with Crippen LogP contribution in [0.3, 0.4) is 0 Å². The van der Waals surface area contributed by atoms with Gasteiger partial charge in [-0.15, -0.1) is 0 Å². The van der Waals surface area contributed by atoms with E-state index in [4.69, 9.17) is 0 Å². The van der Waals surface area contributed by atoms with Gasteiger partial charge in [-0.2, -0.15) is 0 Å². The minimum atomic E-state index is -0.268. The molecule has 0 saturated carbocycles. The zero-order valence-electron chi connectivity index (χ0n) is 12.7. The maximum Gasteiger partial charge on any atom is 0.138 e. The van der Waals surface area contributed by atoms with E-state index in [1.54, 1.807) is 6.07 Å². The SMILES string of the molecule is Cc1cnc(-n2c(C(C)C)nc3cc(F)ccc32)cc1C. The quantitative estimate of drug-likeness (QED) is 0.702. The van der Waals surface area contributed by atoms with Crippen molar-refractivity contribution in [3.63, 3.8) is 0 Å². The molecule has 0 atom stereocenters. The number of benzene rings is 1. The van der Waals surface area contributed by atoms with Gasteiger partial charge in [0, 0.05) is 18.2 Å². The number of aryl methyl sites for hydroxylation is 2. The van der Waals surface area contributed by atoms with E-state index in [0.717, 1.165) is 22.7 Å². The van der Waals surface area contributed by atoms with Crippen LogP contribution in [0.2, 0.25) is 0 Å². The third-order valence-electron chi connectivity index (χ3n) is 3.75. The fourth-order valence-electron chi connectivity index (χ4n) is 2.43. The molecule has 2 aromatic heterocycles. The van der Waals surface area contributed by atoms with Gasteiger partial charge in [-0.1, -0.05) is 13.8 Å². The van der Waals surface area contributed by atoms with E-state index in [2.05, 4.69) is 30.7 Å². The van der Waals surface area contributed by atoms with Gasteiger partial charge in [0.05, 0.1) is 11.0 Å². The first kappa shape index (κ1) is 13.7. The van der Waals surface area contributed by atoms with E-state index < -0.39 is 0 Å². The topological polar surface area (TPSA) is 30.7 Å². The van der Waals surface area contributed by atoms with Gasteiger partial charge in [-0.3, -0.25) is 4.57 Å². The number of rotatable bonds is 2. The van der Waals surface area contributed by atoms with Crippen LogP contribution in [0.25, 0.3) is 16.9 Å². The van der Waals surface area contributed by atoms with Gasteiger partial charge in [0.15, 0.2) is 0 Å². The molecule has 2 heterocycles. The maximum absolute atomic E-state index is 13.4. The first-order valence-electron chi connectivity index (χ1n) is 7.09. The molecule has 3 nitrogen and oxygen atoms in total. The third kappa shape index (κ3) is 2.31. The lowest BCUT2D eigenvalue weighted by Gasteiger charge is -2.12. The highest BCUT2D eigenvalue weighted by atomic mass is 19.1. The van der Waals surface area contributed by atoms with Crippen molar-refractivity contribution in [3.05, 3.63) is 53.2 Å². The summed E-state index contributed by atoms with van der Waals surface area (Å²) in [5.41, 5.74) is 3.88. The monoisotopic (exact) mass is 283 g/mol. The second-order valence-corrected chi connectivity index (χ2v) is 5.72. The average molecular weight is 283 g/mol. The van der Waals surface area contributed by atoms with Crippen molar-refractivity contribution in [2.45, 2.75) is 33.6 Å². The molecular formula is C17H18FN3. The van der Waals surface area contributed by atoms with Crippen LogP contribution in [0.1, 0.15) is 36.7 Å². The van der Waals surface area contributed by atoms with Crippen LogP contribution in [-0.2, 0) is 0 Å². The van der Waals surface area contributed by atoms with Crippen molar-refractivity contribution >= 4 is 11.0 Å². The number of hydrogen-bond donors (Lipinski definition) is 0. The second kappa shape index (κ2) is 4.95. The van der Waals surface area contributed by atoms with E-state index in [1.165, 1.54) is 17.7 Å². The molecule has 0 saturated heterocycles. The van der Waals surface area contributed by atoms with Gasteiger partial charge in [0.25, 0.3) is 0 Å². The summed E-state index contributed by atoms with van der Waals surface area (Å²) in [5, 5.41) is 0. The fraction of sp³-hybridized carbons (Fsp3) is 0.294. The van der Waals surface area contributed by atoms with Crippen LogP contribution in [0.4, 0.5) is 4.39 Å². The van der Waals surface area contributed by atoms with E-state index in [-0.39, 0.29) is 11.7 Å². The summed E-state index contributed by atoms with van der Waals surface area (Å²) in [4.78, 5) is 9.11. The Balaban J connectivity index is 2.33. The minimum Gasteiger partial charge on any atom is -0.280 e. The standard InChI is InChI=1S/C17H18FN3/c1-10(2)17-20-14-8-13(18)5-6-15(14)21(17)16-7-11(3)12(4)9-19-16/h5-10H,1-4H3. The van der Waals surface area contributed by atoms with E-state index >= 15 is 0 Å². The molecule has 3 rings (SSSR count). The number of aromatic nitrogens is 3. The van der Waals surface area contributed by atoms with Crippen LogP contribution in [0, 0.1) is 19.7 Å². The lowest BCUT2D eigenvalue weighted by molar-refractivity contribution is 0.629. The molecule has 3 aromatic rings. The van der Waals surface area contributed by atoms with Gasteiger partial charge in [0.1, 0.15) is 17.5 Å². The molecule has 0 fully saturated rings. The number of hydrogen-bond acceptors (Lipinski definition) is 2. The Bertz CT molecular complexity index is 818. The van der Waals surface area contributed by atoms with E-state index in [1.807, 2.05) is 23.8 Å². The molecular weight excluding hydrogens is 265 g/mol. The van der Waals surface area contributed by atoms with Crippen LogP contribution in [-0.4, -0.2) is 14.5 Å². The van der Waals surface area contributed by atoms with Gasteiger partial charge in [-0.05, 0) is 43.2 Å². The third-order valence-corrected chi connectivity index (χ3v) is 3.75. The molecule has 108 valence electrons. The number of fused-ring (bicyclic) bond motifs is 1. The first-order valence-corrected chi connectivity index (χ1v) is 7.09. The molecule has 0 radical (unpaired) electrons. The highest BCUT2D eigenvalue weighted by molar-refractivity contribution is 5.78. The zero-order valence-corrected chi connectivity index (χ0v) is 12.7. The lowest BCUT2D eigenvalue weighted by atomic mass is 10.1. The van der Waals surface area contributed by atoms with Crippen LogP contribution in [0.5, 0.6) is 0 Å². The molecule has 1 aromatic carbocycles. The van der Waals surface area contributed by atoms with Crippen molar-refractivity contribution in [2.24, 2.45) is 0 Å². The van der Waals surface area contributed by atoms with E-state index in [0.29, 0.717) is 5.52 Å². The van der Waals surface area contributed by atoms with Crippen LogP contribution >= 0.6 is 0 Å².